The first-order valence-corrected chi connectivity index (χ1v) is 8.15. The molecule has 0 saturated heterocycles. The van der Waals surface area contributed by atoms with E-state index in [4.69, 9.17) is 17.5 Å². The van der Waals surface area contributed by atoms with Crippen LogP contribution in [0.5, 0.6) is 0 Å². The molecule has 0 unspecified atom stereocenters. The summed E-state index contributed by atoms with van der Waals surface area (Å²) < 4.78 is 32.3. The lowest BCUT2D eigenvalue weighted by Gasteiger charge is -2.08. The topological polar surface area (TPSA) is 62.3 Å². The molecular formula is C16H12ClF2N3O2S. The van der Waals surface area contributed by atoms with E-state index in [0.717, 1.165) is 22.5 Å². The van der Waals surface area contributed by atoms with Crippen LogP contribution in [-0.2, 0) is 9.32 Å². The van der Waals surface area contributed by atoms with E-state index in [-0.39, 0.29) is 5.69 Å². The molecule has 1 heterocycles. The summed E-state index contributed by atoms with van der Waals surface area (Å²) in [6.45, 7) is 0. The zero-order chi connectivity index (χ0) is 17.8. The normalized spacial score (nSPS) is 11.2. The van der Waals surface area contributed by atoms with E-state index in [2.05, 4.69) is 14.4 Å². The number of hydrogen-bond donors (Lipinski definition) is 1. The van der Waals surface area contributed by atoms with Gasteiger partial charge in [0.1, 0.15) is 5.69 Å². The van der Waals surface area contributed by atoms with Crippen LogP contribution in [0.1, 0.15) is 12.1 Å². The molecule has 9 heteroatoms. The molecular weight excluding hydrogens is 372 g/mol. The van der Waals surface area contributed by atoms with E-state index in [0.29, 0.717) is 16.4 Å². The molecule has 5 nitrogen and oxygen atoms in total. The van der Waals surface area contributed by atoms with Crippen LogP contribution in [0.25, 0.3) is 16.9 Å². The predicted molar refractivity (Wildman–Crippen MR) is 91.2 cm³/mol. The maximum Gasteiger partial charge on any atom is 0.282 e. The first kappa shape index (κ1) is 17.8. The Hall–Kier alpha value is -1.97. The summed E-state index contributed by atoms with van der Waals surface area (Å²) in [7, 11) is 0. The fraction of sp³-hybridized carbons (Fsp3) is 0.0625. The van der Waals surface area contributed by atoms with E-state index >= 15 is 0 Å². The Morgan fingerprint density at radius 2 is 1.76 bits per heavy atom. The van der Waals surface area contributed by atoms with Crippen LogP contribution in [0.3, 0.4) is 0 Å². The van der Waals surface area contributed by atoms with Crippen LogP contribution >= 0.6 is 23.6 Å². The predicted octanol–water partition coefficient (Wildman–Crippen LogP) is 4.96. The van der Waals surface area contributed by atoms with Gasteiger partial charge in [-0.3, -0.25) is 0 Å². The van der Waals surface area contributed by atoms with Gasteiger partial charge in [0.2, 0.25) is 0 Å². The molecule has 0 aliphatic rings. The second kappa shape index (κ2) is 7.94. The number of nitrogens with zero attached hydrogens (tertiary/aromatic N) is 2. The Kier molecular flexibility index (Phi) is 5.67. The number of alkyl halides is 2. The molecule has 0 amide bonds. The minimum Gasteiger partial charge on any atom is -0.233 e. The molecule has 0 atom stereocenters. The average molecular weight is 384 g/mol. The summed E-state index contributed by atoms with van der Waals surface area (Å²) >= 11 is 6.82. The molecule has 0 saturated carbocycles. The molecule has 2 aromatic carbocycles. The van der Waals surface area contributed by atoms with Gasteiger partial charge in [0.25, 0.3) is 6.43 Å². The fourth-order valence-corrected chi connectivity index (χ4v) is 2.72. The molecule has 25 heavy (non-hydrogen) atoms. The Morgan fingerprint density at radius 1 is 1.08 bits per heavy atom. The van der Waals surface area contributed by atoms with Crippen molar-refractivity contribution < 1.29 is 18.1 Å². The van der Waals surface area contributed by atoms with Gasteiger partial charge in [-0.25, -0.2) is 13.5 Å². The highest BCUT2D eigenvalue weighted by Gasteiger charge is 2.17. The van der Waals surface area contributed by atoms with Crippen molar-refractivity contribution >= 4 is 23.6 Å². The minimum absolute atomic E-state index is 0.303. The third kappa shape index (κ3) is 4.17. The van der Waals surface area contributed by atoms with Crippen molar-refractivity contribution in [2.45, 2.75) is 11.3 Å². The monoisotopic (exact) mass is 383 g/mol. The third-order valence-corrected chi connectivity index (χ3v) is 4.21. The van der Waals surface area contributed by atoms with E-state index in [1.165, 1.54) is 10.7 Å². The number of aromatic nitrogens is 2. The molecule has 0 aliphatic carbocycles. The summed E-state index contributed by atoms with van der Waals surface area (Å²) in [5.41, 5.74) is 1.58. The molecule has 1 aromatic heterocycles. The second-order valence-corrected chi connectivity index (χ2v) is 6.13. The third-order valence-electron chi connectivity index (χ3n) is 3.34. The van der Waals surface area contributed by atoms with Crippen molar-refractivity contribution in [1.29, 1.82) is 0 Å². The highest BCUT2D eigenvalue weighted by molar-refractivity contribution is 7.94. The zero-order valence-corrected chi connectivity index (χ0v) is 14.2. The summed E-state index contributed by atoms with van der Waals surface area (Å²) in [4.78, 5) is 4.75. The molecule has 2 N–H and O–H groups in total. The first-order valence-electron chi connectivity index (χ1n) is 7.03. The first-order chi connectivity index (χ1) is 12.1. The van der Waals surface area contributed by atoms with Gasteiger partial charge in [-0.1, -0.05) is 23.7 Å². The Balaban J connectivity index is 2.00. The molecule has 130 valence electrons. The number of rotatable bonds is 6. The lowest BCUT2D eigenvalue weighted by atomic mass is 10.1. The Bertz CT molecular complexity index is 842. The highest BCUT2D eigenvalue weighted by Crippen LogP contribution is 2.30. The van der Waals surface area contributed by atoms with Crippen molar-refractivity contribution in [2.75, 3.05) is 0 Å². The lowest BCUT2D eigenvalue weighted by Crippen LogP contribution is -2.00. The summed E-state index contributed by atoms with van der Waals surface area (Å²) in [6.07, 6.45) is -2.67. The van der Waals surface area contributed by atoms with Crippen molar-refractivity contribution in [1.82, 2.24) is 9.78 Å². The van der Waals surface area contributed by atoms with Gasteiger partial charge < -0.3 is 0 Å². The fourth-order valence-electron chi connectivity index (χ4n) is 2.23. The molecule has 0 aliphatic heterocycles. The molecule has 0 fully saturated rings. The number of halogens is 3. The standard InChI is InChI=1S/C16H12ClF2N3O2S/c17-11-3-1-10(2-4-11)15-9-14(16(18)19)21-22(15)12-5-7-13(8-6-12)25-24-23-20/h1-9,16H,20H2. The summed E-state index contributed by atoms with van der Waals surface area (Å²) in [5, 5.41) is 4.58. The van der Waals surface area contributed by atoms with Crippen molar-refractivity contribution in [3.05, 3.63) is 65.3 Å². The summed E-state index contributed by atoms with van der Waals surface area (Å²) in [5.74, 6) is 4.79. The van der Waals surface area contributed by atoms with Crippen LogP contribution in [0.4, 0.5) is 8.78 Å². The van der Waals surface area contributed by atoms with Crippen LogP contribution in [0.2, 0.25) is 5.02 Å². The van der Waals surface area contributed by atoms with Crippen LogP contribution in [0.15, 0.2) is 59.5 Å². The van der Waals surface area contributed by atoms with E-state index in [1.807, 2.05) is 0 Å². The van der Waals surface area contributed by atoms with Gasteiger partial charge in [0.15, 0.2) is 0 Å². The summed E-state index contributed by atoms with van der Waals surface area (Å²) in [6, 6.07) is 15.2. The Morgan fingerprint density at radius 3 is 2.36 bits per heavy atom. The van der Waals surface area contributed by atoms with E-state index in [9.17, 15) is 8.78 Å². The number of benzene rings is 2. The highest BCUT2D eigenvalue weighted by atomic mass is 35.5. The van der Waals surface area contributed by atoms with E-state index < -0.39 is 6.43 Å². The SMILES string of the molecule is NOOSc1ccc(-n2nc(C(F)F)cc2-c2ccc(Cl)cc2)cc1. The molecule has 0 spiro atoms. The smallest absolute Gasteiger partial charge is 0.233 e. The maximum atomic E-state index is 13.1. The van der Waals surface area contributed by atoms with Crippen LogP contribution in [-0.4, -0.2) is 9.78 Å². The van der Waals surface area contributed by atoms with E-state index in [1.54, 1.807) is 48.5 Å². The van der Waals surface area contributed by atoms with Gasteiger partial charge >= 0.3 is 0 Å². The van der Waals surface area contributed by atoms with Gasteiger partial charge in [-0.15, -0.1) is 9.32 Å². The van der Waals surface area contributed by atoms with Crippen molar-refractivity contribution in [3.63, 3.8) is 0 Å². The lowest BCUT2D eigenvalue weighted by molar-refractivity contribution is -0.195. The van der Waals surface area contributed by atoms with Crippen molar-refractivity contribution in [2.24, 2.45) is 5.90 Å². The maximum absolute atomic E-state index is 13.1. The molecule has 0 radical (unpaired) electrons. The average Bonchev–Trinajstić information content (AvgIpc) is 3.07. The van der Waals surface area contributed by atoms with Crippen LogP contribution in [0, 0.1) is 0 Å². The zero-order valence-electron chi connectivity index (χ0n) is 12.6. The molecule has 3 rings (SSSR count). The molecule has 3 aromatic rings. The molecule has 0 bridgehead atoms. The van der Waals surface area contributed by atoms with Crippen molar-refractivity contribution in [3.8, 4) is 16.9 Å². The largest absolute Gasteiger partial charge is 0.282 e. The van der Waals surface area contributed by atoms with Gasteiger partial charge in [-0.05, 0) is 42.5 Å². The van der Waals surface area contributed by atoms with Gasteiger partial charge in [0.05, 0.1) is 23.4 Å². The second-order valence-electron chi connectivity index (χ2n) is 4.92. The quantitative estimate of drug-likeness (QED) is 0.370. The van der Waals surface area contributed by atoms with Gasteiger partial charge in [-0.2, -0.15) is 11.0 Å². The van der Waals surface area contributed by atoms with Gasteiger partial charge in [0, 0.05) is 15.5 Å². The Labute approximate surface area is 151 Å². The number of hydrogen-bond acceptors (Lipinski definition) is 5. The minimum atomic E-state index is -2.67. The number of nitrogens with two attached hydrogens (primary N) is 1. The van der Waals surface area contributed by atoms with Crippen LogP contribution < -0.4 is 5.90 Å².